The number of fused-ring (bicyclic) bond motifs is 1. The summed E-state index contributed by atoms with van der Waals surface area (Å²) in [6, 6.07) is 14.3. The molecule has 0 saturated heterocycles. The Morgan fingerprint density at radius 1 is 1.19 bits per heavy atom. The van der Waals surface area contributed by atoms with Crippen LogP contribution < -0.4 is 0 Å². The van der Waals surface area contributed by atoms with Gasteiger partial charge in [-0.3, -0.25) is 0 Å². The van der Waals surface area contributed by atoms with E-state index < -0.39 is 17.7 Å². The number of aliphatic hydroxyl groups is 1. The van der Waals surface area contributed by atoms with Crippen molar-refractivity contribution in [2.24, 2.45) is 0 Å². The van der Waals surface area contributed by atoms with Gasteiger partial charge in [-0.15, -0.1) is 11.3 Å². The zero-order valence-electron chi connectivity index (χ0n) is 13.6. The number of halogens is 3. The summed E-state index contributed by atoms with van der Waals surface area (Å²) >= 11 is 1.07. The highest BCUT2D eigenvalue weighted by Gasteiger charge is 2.31. The Bertz CT molecular complexity index is 1020. The SMILES string of the molecule is CC(C(O)=C(C#N)c1nc2cc(C(F)(F)F)ccc2s1)c1ccccc1. The molecule has 1 aromatic heterocycles. The summed E-state index contributed by atoms with van der Waals surface area (Å²) in [5.41, 5.74) is 0.133. The molecule has 0 bridgehead atoms. The van der Waals surface area contributed by atoms with E-state index in [2.05, 4.69) is 4.98 Å². The number of hydrogen-bond acceptors (Lipinski definition) is 4. The molecule has 1 N–H and O–H groups in total. The zero-order chi connectivity index (χ0) is 18.9. The Morgan fingerprint density at radius 2 is 1.88 bits per heavy atom. The van der Waals surface area contributed by atoms with Crippen LogP contribution >= 0.6 is 11.3 Å². The van der Waals surface area contributed by atoms with Gasteiger partial charge in [0.05, 0.1) is 15.8 Å². The van der Waals surface area contributed by atoms with Crippen LogP contribution in [-0.2, 0) is 6.18 Å². The molecule has 0 aliphatic carbocycles. The van der Waals surface area contributed by atoms with Crippen LogP contribution in [0.4, 0.5) is 13.2 Å². The first-order valence-corrected chi connectivity index (χ1v) is 8.49. The van der Waals surface area contributed by atoms with Crippen LogP contribution in [0.2, 0.25) is 0 Å². The van der Waals surface area contributed by atoms with Gasteiger partial charge in [-0.1, -0.05) is 37.3 Å². The third kappa shape index (κ3) is 3.41. The van der Waals surface area contributed by atoms with Gasteiger partial charge in [0.25, 0.3) is 0 Å². The standard InChI is InChI=1S/C19H13F3N2OS/c1-11(12-5-3-2-4-6-12)17(25)14(10-23)18-24-15-9-13(19(20,21)22)7-8-16(15)26-18/h2-9,11,25H,1H3. The first-order chi connectivity index (χ1) is 12.3. The van der Waals surface area contributed by atoms with Crippen LogP contribution in [0, 0.1) is 11.3 Å². The maximum absolute atomic E-state index is 12.8. The van der Waals surface area contributed by atoms with Gasteiger partial charge in [-0.25, -0.2) is 4.98 Å². The average Bonchev–Trinajstić information content (AvgIpc) is 3.04. The van der Waals surface area contributed by atoms with Crippen LogP contribution in [0.1, 0.15) is 29.0 Å². The number of nitrogens with zero attached hydrogens (tertiary/aromatic N) is 2. The van der Waals surface area contributed by atoms with Crippen molar-refractivity contribution in [2.75, 3.05) is 0 Å². The Morgan fingerprint density at radius 3 is 2.50 bits per heavy atom. The second kappa shape index (κ2) is 6.81. The Balaban J connectivity index is 2.06. The maximum Gasteiger partial charge on any atom is 0.416 e. The number of benzene rings is 2. The van der Waals surface area contributed by atoms with Gasteiger partial charge in [0.2, 0.25) is 0 Å². The minimum atomic E-state index is -4.46. The lowest BCUT2D eigenvalue weighted by Gasteiger charge is -2.12. The van der Waals surface area contributed by atoms with E-state index in [9.17, 15) is 23.5 Å². The van der Waals surface area contributed by atoms with Crippen molar-refractivity contribution in [2.45, 2.75) is 19.0 Å². The summed E-state index contributed by atoms with van der Waals surface area (Å²) in [6.45, 7) is 1.75. The molecular weight excluding hydrogens is 361 g/mol. The van der Waals surface area contributed by atoms with E-state index in [-0.39, 0.29) is 21.9 Å². The normalized spacial score (nSPS) is 14.0. The molecule has 3 rings (SSSR count). The minimum absolute atomic E-state index is 0.0314. The van der Waals surface area contributed by atoms with Crippen molar-refractivity contribution in [1.82, 2.24) is 4.98 Å². The summed E-state index contributed by atoms with van der Waals surface area (Å²) in [7, 11) is 0. The third-order valence-electron chi connectivity index (χ3n) is 4.01. The topological polar surface area (TPSA) is 56.9 Å². The van der Waals surface area contributed by atoms with Crippen molar-refractivity contribution in [1.29, 1.82) is 5.26 Å². The average molecular weight is 374 g/mol. The molecule has 0 fully saturated rings. The highest BCUT2D eigenvalue weighted by Crippen LogP contribution is 2.36. The molecular formula is C19H13F3N2OS. The Labute approximate surface area is 151 Å². The van der Waals surface area contributed by atoms with Crippen LogP contribution in [-0.4, -0.2) is 10.1 Å². The number of aliphatic hydroxyl groups excluding tert-OH is 1. The lowest BCUT2D eigenvalue weighted by atomic mass is 9.96. The van der Waals surface area contributed by atoms with Crippen molar-refractivity contribution in [3.8, 4) is 6.07 Å². The van der Waals surface area contributed by atoms with Crippen LogP contribution in [0.5, 0.6) is 0 Å². The lowest BCUT2D eigenvalue weighted by Crippen LogP contribution is -2.04. The number of hydrogen-bond donors (Lipinski definition) is 1. The molecule has 2 aromatic carbocycles. The van der Waals surface area contributed by atoms with Gasteiger partial charge in [0.1, 0.15) is 22.4 Å². The van der Waals surface area contributed by atoms with Crippen LogP contribution in [0.25, 0.3) is 15.8 Å². The first-order valence-electron chi connectivity index (χ1n) is 7.67. The molecule has 1 heterocycles. The Hall–Kier alpha value is -2.85. The van der Waals surface area contributed by atoms with Gasteiger partial charge in [0.15, 0.2) is 0 Å². The fourth-order valence-corrected chi connectivity index (χ4v) is 3.49. The summed E-state index contributed by atoms with van der Waals surface area (Å²) in [5.74, 6) is -0.600. The van der Waals surface area contributed by atoms with Crippen molar-refractivity contribution in [3.63, 3.8) is 0 Å². The molecule has 0 aliphatic rings. The number of allylic oxidation sites excluding steroid dienone is 2. The smallest absolute Gasteiger partial charge is 0.416 e. The fourth-order valence-electron chi connectivity index (χ4n) is 2.54. The molecule has 0 aliphatic heterocycles. The fraction of sp³-hybridized carbons (Fsp3) is 0.158. The van der Waals surface area contributed by atoms with E-state index in [0.717, 1.165) is 29.0 Å². The highest BCUT2D eigenvalue weighted by molar-refractivity contribution is 7.19. The highest BCUT2D eigenvalue weighted by atomic mass is 32.1. The van der Waals surface area contributed by atoms with Gasteiger partial charge < -0.3 is 5.11 Å². The van der Waals surface area contributed by atoms with E-state index in [0.29, 0.717) is 4.70 Å². The molecule has 3 aromatic rings. The predicted molar refractivity (Wildman–Crippen MR) is 94.6 cm³/mol. The van der Waals surface area contributed by atoms with Crippen molar-refractivity contribution >= 4 is 27.1 Å². The van der Waals surface area contributed by atoms with E-state index in [1.165, 1.54) is 6.07 Å². The molecule has 0 amide bonds. The van der Waals surface area contributed by atoms with Gasteiger partial charge in [0, 0.05) is 5.92 Å². The van der Waals surface area contributed by atoms with Crippen molar-refractivity contribution in [3.05, 3.63) is 70.4 Å². The second-order valence-corrected chi connectivity index (χ2v) is 6.73. The molecule has 0 saturated carbocycles. The summed E-state index contributed by atoms with van der Waals surface area (Å²) < 4.78 is 39.0. The zero-order valence-corrected chi connectivity index (χ0v) is 14.4. The number of thiazole rings is 1. The maximum atomic E-state index is 12.8. The predicted octanol–water partition coefficient (Wildman–Crippen LogP) is 5.91. The number of nitriles is 1. The summed E-state index contributed by atoms with van der Waals surface area (Å²) in [6.07, 6.45) is -4.46. The van der Waals surface area contributed by atoms with E-state index in [4.69, 9.17) is 0 Å². The van der Waals surface area contributed by atoms with Crippen LogP contribution in [0.15, 0.2) is 54.3 Å². The largest absolute Gasteiger partial charge is 0.510 e. The lowest BCUT2D eigenvalue weighted by molar-refractivity contribution is -0.137. The second-order valence-electron chi connectivity index (χ2n) is 5.70. The quantitative estimate of drug-likeness (QED) is 0.458. The molecule has 1 atom stereocenters. The molecule has 1 unspecified atom stereocenters. The van der Waals surface area contributed by atoms with E-state index >= 15 is 0 Å². The minimum Gasteiger partial charge on any atom is -0.510 e. The van der Waals surface area contributed by atoms with E-state index in [1.807, 2.05) is 36.4 Å². The van der Waals surface area contributed by atoms with Crippen LogP contribution in [0.3, 0.4) is 0 Å². The van der Waals surface area contributed by atoms with Gasteiger partial charge in [-0.2, -0.15) is 18.4 Å². The molecule has 0 spiro atoms. The monoisotopic (exact) mass is 374 g/mol. The molecule has 3 nitrogen and oxygen atoms in total. The molecule has 132 valence electrons. The summed E-state index contributed by atoms with van der Waals surface area (Å²) in [4.78, 5) is 4.13. The molecule has 26 heavy (non-hydrogen) atoms. The third-order valence-corrected chi connectivity index (χ3v) is 5.06. The Kier molecular flexibility index (Phi) is 4.70. The first kappa shape index (κ1) is 18.0. The molecule has 0 radical (unpaired) electrons. The van der Waals surface area contributed by atoms with Gasteiger partial charge >= 0.3 is 6.18 Å². The number of alkyl halides is 3. The summed E-state index contributed by atoms with van der Waals surface area (Å²) in [5, 5.41) is 20.2. The number of rotatable bonds is 3. The molecule has 7 heteroatoms. The van der Waals surface area contributed by atoms with Crippen molar-refractivity contribution < 1.29 is 18.3 Å². The van der Waals surface area contributed by atoms with Gasteiger partial charge in [-0.05, 0) is 23.8 Å². The number of aromatic nitrogens is 1. The van der Waals surface area contributed by atoms with E-state index in [1.54, 1.807) is 6.92 Å².